The number of carbonyl (C=O) groups excluding carboxylic acids is 1. The Bertz CT molecular complexity index is 632. The molecule has 3 rings (SSSR count). The zero-order valence-corrected chi connectivity index (χ0v) is 10.6. The highest BCUT2D eigenvalue weighted by atomic mass is 16.3. The Balaban J connectivity index is 1.79. The molecule has 0 bridgehead atoms. The van der Waals surface area contributed by atoms with Crippen LogP contribution in [0.4, 0.5) is 0 Å². The van der Waals surface area contributed by atoms with Gasteiger partial charge in [-0.2, -0.15) is 10.1 Å². The Kier molecular flexibility index (Phi) is 2.70. The smallest absolute Gasteiger partial charge is 0.254 e. The number of aromatic nitrogens is 4. The van der Waals surface area contributed by atoms with E-state index in [-0.39, 0.29) is 12.5 Å². The van der Waals surface area contributed by atoms with Crippen LogP contribution in [-0.2, 0) is 0 Å². The molecule has 0 radical (unpaired) electrons. The van der Waals surface area contributed by atoms with Crippen molar-refractivity contribution in [2.45, 2.75) is 31.8 Å². The minimum atomic E-state index is -0.728. The molecule has 2 N–H and O–H groups in total. The molecule has 2 aromatic rings. The first-order chi connectivity index (χ1) is 9.09. The van der Waals surface area contributed by atoms with E-state index < -0.39 is 5.60 Å². The van der Waals surface area contributed by atoms with Gasteiger partial charge in [0.2, 0.25) is 0 Å². The van der Waals surface area contributed by atoms with Gasteiger partial charge in [0.15, 0.2) is 0 Å². The third-order valence-corrected chi connectivity index (χ3v) is 3.65. The second kappa shape index (κ2) is 4.27. The molecule has 2 aromatic heterocycles. The molecule has 1 amide bonds. The average molecular weight is 261 g/mol. The molecule has 0 unspecified atom stereocenters. The van der Waals surface area contributed by atoms with Crippen molar-refractivity contribution in [1.29, 1.82) is 0 Å². The van der Waals surface area contributed by atoms with Gasteiger partial charge in [-0.3, -0.25) is 4.79 Å². The minimum Gasteiger partial charge on any atom is -0.388 e. The number of rotatable bonds is 3. The van der Waals surface area contributed by atoms with Crippen molar-refractivity contribution < 1.29 is 9.90 Å². The number of fused-ring (bicyclic) bond motifs is 1. The molecule has 7 heteroatoms. The molecule has 0 atom stereocenters. The third kappa shape index (κ3) is 2.06. The number of carbonyl (C=O) groups is 1. The highest BCUT2D eigenvalue weighted by Crippen LogP contribution is 2.30. The predicted octanol–water partition coefficient (Wildman–Crippen LogP) is 0.0775. The fourth-order valence-corrected chi connectivity index (χ4v) is 2.21. The van der Waals surface area contributed by atoms with Gasteiger partial charge in [-0.1, -0.05) is 0 Å². The standard InChI is InChI=1S/C12H15N5O2/c1-8-9(5-13-11-15-7-16-17(8)11)10(18)14-6-12(19)3-2-4-12/h5,7,19H,2-4,6H2,1H3,(H,14,18). The molecule has 2 heterocycles. The van der Waals surface area contributed by atoms with Crippen molar-refractivity contribution in [3.05, 3.63) is 23.8 Å². The van der Waals surface area contributed by atoms with Crippen molar-refractivity contribution in [3.63, 3.8) is 0 Å². The monoisotopic (exact) mass is 261 g/mol. The fraction of sp³-hybridized carbons (Fsp3) is 0.500. The van der Waals surface area contributed by atoms with Gasteiger partial charge in [0.1, 0.15) is 6.33 Å². The van der Waals surface area contributed by atoms with Crippen LogP contribution in [0.3, 0.4) is 0 Å². The van der Waals surface area contributed by atoms with Crippen LogP contribution >= 0.6 is 0 Å². The molecular formula is C12H15N5O2. The van der Waals surface area contributed by atoms with E-state index in [0.29, 0.717) is 17.0 Å². The number of hydrogen-bond donors (Lipinski definition) is 2. The first kappa shape index (κ1) is 12.0. The first-order valence-electron chi connectivity index (χ1n) is 6.25. The molecule has 1 aliphatic carbocycles. The maximum absolute atomic E-state index is 12.1. The van der Waals surface area contributed by atoms with E-state index in [2.05, 4.69) is 20.4 Å². The van der Waals surface area contributed by atoms with Crippen molar-refractivity contribution in [2.75, 3.05) is 6.54 Å². The van der Waals surface area contributed by atoms with Crippen molar-refractivity contribution in [1.82, 2.24) is 24.9 Å². The molecule has 7 nitrogen and oxygen atoms in total. The Labute approximate surface area is 109 Å². The Morgan fingerprint density at radius 2 is 2.32 bits per heavy atom. The van der Waals surface area contributed by atoms with E-state index in [1.807, 2.05) is 0 Å². The zero-order valence-electron chi connectivity index (χ0n) is 10.6. The van der Waals surface area contributed by atoms with Gasteiger partial charge in [-0.25, -0.2) is 9.50 Å². The second-order valence-electron chi connectivity index (χ2n) is 4.99. The summed E-state index contributed by atoms with van der Waals surface area (Å²) >= 11 is 0. The van der Waals surface area contributed by atoms with Gasteiger partial charge in [-0.15, -0.1) is 0 Å². The summed E-state index contributed by atoms with van der Waals surface area (Å²) in [4.78, 5) is 20.1. The lowest BCUT2D eigenvalue weighted by molar-refractivity contribution is -0.0300. The summed E-state index contributed by atoms with van der Waals surface area (Å²) in [6.45, 7) is 2.07. The topological polar surface area (TPSA) is 92.4 Å². The lowest BCUT2D eigenvalue weighted by Gasteiger charge is -2.36. The van der Waals surface area contributed by atoms with Crippen LogP contribution in [0.1, 0.15) is 35.3 Å². The molecule has 1 aliphatic rings. The SMILES string of the molecule is Cc1c(C(=O)NCC2(O)CCC2)cnc2ncnn12. The number of amides is 1. The van der Waals surface area contributed by atoms with Crippen molar-refractivity contribution in [3.8, 4) is 0 Å². The molecule has 0 saturated heterocycles. The molecular weight excluding hydrogens is 246 g/mol. The Morgan fingerprint density at radius 3 is 3.00 bits per heavy atom. The molecule has 0 spiro atoms. The van der Waals surface area contributed by atoms with E-state index in [0.717, 1.165) is 19.3 Å². The van der Waals surface area contributed by atoms with Crippen molar-refractivity contribution in [2.24, 2.45) is 0 Å². The molecule has 100 valence electrons. The van der Waals surface area contributed by atoms with Gasteiger partial charge >= 0.3 is 0 Å². The van der Waals surface area contributed by atoms with E-state index in [1.54, 1.807) is 6.92 Å². The minimum absolute atomic E-state index is 0.247. The summed E-state index contributed by atoms with van der Waals surface area (Å²) in [6, 6.07) is 0. The summed E-state index contributed by atoms with van der Waals surface area (Å²) < 4.78 is 1.52. The van der Waals surface area contributed by atoms with Crippen LogP contribution in [0.5, 0.6) is 0 Å². The molecule has 1 fully saturated rings. The maximum Gasteiger partial charge on any atom is 0.254 e. The average Bonchev–Trinajstić information content (AvgIpc) is 2.83. The first-order valence-corrected chi connectivity index (χ1v) is 6.25. The number of aryl methyl sites for hydroxylation is 1. The van der Waals surface area contributed by atoms with Gasteiger partial charge in [-0.05, 0) is 26.2 Å². The quantitative estimate of drug-likeness (QED) is 0.816. The van der Waals surface area contributed by atoms with Crippen LogP contribution in [-0.4, -0.2) is 42.7 Å². The van der Waals surface area contributed by atoms with Crippen LogP contribution in [0.25, 0.3) is 5.78 Å². The lowest BCUT2D eigenvalue weighted by atomic mass is 9.80. The highest BCUT2D eigenvalue weighted by molar-refractivity contribution is 5.95. The van der Waals surface area contributed by atoms with Gasteiger partial charge < -0.3 is 10.4 Å². The van der Waals surface area contributed by atoms with Gasteiger partial charge in [0.05, 0.1) is 16.9 Å². The van der Waals surface area contributed by atoms with Crippen LogP contribution in [0, 0.1) is 6.92 Å². The second-order valence-corrected chi connectivity index (χ2v) is 4.99. The normalized spacial score (nSPS) is 17.2. The number of nitrogens with one attached hydrogen (secondary N) is 1. The summed E-state index contributed by atoms with van der Waals surface area (Å²) in [5.74, 6) is 0.217. The number of hydrogen-bond acceptors (Lipinski definition) is 5. The predicted molar refractivity (Wildman–Crippen MR) is 66.7 cm³/mol. The van der Waals surface area contributed by atoms with Gasteiger partial charge in [0, 0.05) is 12.7 Å². The van der Waals surface area contributed by atoms with Gasteiger partial charge in [0.25, 0.3) is 11.7 Å². The zero-order chi connectivity index (χ0) is 13.5. The Morgan fingerprint density at radius 1 is 1.53 bits per heavy atom. The van der Waals surface area contributed by atoms with E-state index >= 15 is 0 Å². The fourth-order valence-electron chi connectivity index (χ4n) is 2.21. The number of aliphatic hydroxyl groups is 1. The highest BCUT2D eigenvalue weighted by Gasteiger charge is 2.34. The van der Waals surface area contributed by atoms with E-state index in [1.165, 1.54) is 17.0 Å². The molecule has 19 heavy (non-hydrogen) atoms. The lowest BCUT2D eigenvalue weighted by Crippen LogP contribution is -2.47. The molecule has 1 saturated carbocycles. The Hall–Kier alpha value is -2.02. The van der Waals surface area contributed by atoms with E-state index in [9.17, 15) is 9.90 Å². The summed E-state index contributed by atoms with van der Waals surface area (Å²) in [6.07, 6.45) is 5.38. The maximum atomic E-state index is 12.1. The molecule has 0 aliphatic heterocycles. The summed E-state index contributed by atoms with van der Waals surface area (Å²) in [5.41, 5.74) is 0.399. The summed E-state index contributed by atoms with van der Waals surface area (Å²) in [7, 11) is 0. The molecule has 0 aromatic carbocycles. The van der Waals surface area contributed by atoms with E-state index in [4.69, 9.17) is 0 Å². The summed E-state index contributed by atoms with van der Waals surface area (Å²) in [5, 5.41) is 16.7. The largest absolute Gasteiger partial charge is 0.388 e. The van der Waals surface area contributed by atoms with Crippen molar-refractivity contribution >= 4 is 11.7 Å². The third-order valence-electron chi connectivity index (χ3n) is 3.65. The van der Waals surface area contributed by atoms with Crippen LogP contribution < -0.4 is 5.32 Å². The van der Waals surface area contributed by atoms with Crippen LogP contribution in [0.15, 0.2) is 12.5 Å². The number of nitrogens with zero attached hydrogens (tertiary/aromatic N) is 4. The van der Waals surface area contributed by atoms with Crippen LogP contribution in [0.2, 0.25) is 0 Å².